The van der Waals surface area contributed by atoms with E-state index < -0.39 is 12.1 Å². The molecule has 1 heterocycles. The lowest BCUT2D eigenvalue weighted by atomic mass is 9.96. The van der Waals surface area contributed by atoms with Crippen LogP contribution in [0.2, 0.25) is 0 Å². The number of anilines is 1. The molecule has 1 saturated carbocycles. The van der Waals surface area contributed by atoms with E-state index in [0.29, 0.717) is 24.3 Å². The minimum absolute atomic E-state index is 0.0319. The maximum absolute atomic E-state index is 12.2. The molecule has 1 amide bonds. The van der Waals surface area contributed by atoms with E-state index in [2.05, 4.69) is 0 Å². The van der Waals surface area contributed by atoms with Crippen LogP contribution in [0, 0.1) is 0 Å². The first-order valence-electron chi connectivity index (χ1n) is 7.89. The Morgan fingerprint density at radius 2 is 2.04 bits per heavy atom. The molecule has 122 valence electrons. The smallest absolute Gasteiger partial charge is 0.326 e. The number of hydrogen-bond donors (Lipinski definition) is 0. The van der Waals surface area contributed by atoms with Crippen LogP contribution in [0.3, 0.4) is 0 Å². The second-order valence-corrected chi connectivity index (χ2v) is 5.74. The van der Waals surface area contributed by atoms with Gasteiger partial charge in [-0.05, 0) is 31.4 Å². The molecule has 1 fully saturated rings. The summed E-state index contributed by atoms with van der Waals surface area (Å²) < 4.78 is 10.8. The third-order valence-electron chi connectivity index (χ3n) is 4.09. The van der Waals surface area contributed by atoms with E-state index >= 15 is 0 Å². The van der Waals surface area contributed by atoms with Crippen molar-refractivity contribution in [3.63, 3.8) is 0 Å². The van der Waals surface area contributed by atoms with E-state index in [0.717, 1.165) is 12.8 Å². The van der Waals surface area contributed by atoms with E-state index in [1.54, 1.807) is 18.2 Å². The van der Waals surface area contributed by atoms with Crippen molar-refractivity contribution in [2.45, 2.75) is 38.2 Å². The molecule has 1 aliphatic carbocycles. The normalized spacial score (nSPS) is 21.2. The second kappa shape index (κ2) is 6.81. The molecule has 3 rings (SSSR count). The molecule has 6 heteroatoms. The molecule has 0 spiro atoms. The number of fused-ring (bicyclic) bond motifs is 1. The molecular weight excluding hydrogens is 298 g/mol. The molecule has 0 bridgehead atoms. The van der Waals surface area contributed by atoms with Crippen molar-refractivity contribution < 1.29 is 23.9 Å². The molecule has 0 N–H and O–H groups in total. The highest BCUT2D eigenvalue weighted by Gasteiger charge is 2.29. The van der Waals surface area contributed by atoms with Gasteiger partial charge in [-0.1, -0.05) is 12.1 Å². The molecule has 1 aromatic rings. The number of hydrogen-bond acceptors (Lipinski definition) is 5. The van der Waals surface area contributed by atoms with Crippen LogP contribution in [0.1, 0.15) is 32.1 Å². The highest BCUT2D eigenvalue weighted by molar-refractivity contribution is 6.00. The van der Waals surface area contributed by atoms with E-state index in [4.69, 9.17) is 9.47 Å². The van der Waals surface area contributed by atoms with Gasteiger partial charge in [0, 0.05) is 6.42 Å². The number of carbonyl (C=O) groups is 3. The van der Waals surface area contributed by atoms with Crippen LogP contribution in [-0.2, 0) is 19.1 Å². The maximum Gasteiger partial charge on any atom is 0.326 e. The third kappa shape index (κ3) is 3.52. The average Bonchev–Trinajstić information content (AvgIpc) is 2.70. The Morgan fingerprint density at radius 1 is 1.22 bits per heavy atom. The van der Waals surface area contributed by atoms with Crippen LogP contribution in [0.5, 0.6) is 5.75 Å². The lowest BCUT2D eigenvalue weighted by Gasteiger charge is -2.24. The van der Waals surface area contributed by atoms with Gasteiger partial charge < -0.3 is 9.47 Å². The highest BCUT2D eigenvalue weighted by Crippen LogP contribution is 2.31. The summed E-state index contributed by atoms with van der Waals surface area (Å²) in [4.78, 5) is 37.6. The Morgan fingerprint density at radius 3 is 2.87 bits per heavy atom. The Balaban J connectivity index is 1.71. The van der Waals surface area contributed by atoms with Gasteiger partial charge in [0.1, 0.15) is 12.3 Å². The van der Waals surface area contributed by atoms with Crippen molar-refractivity contribution in [2.75, 3.05) is 18.1 Å². The van der Waals surface area contributed by atoms with Gasteiger partial charge in [-0.3, -0.25) is 19.3 Å². The molecule has 6 nitrogen and oxygen atoms in total. The first-order valence-corrected chi connectivity index (χ1v) is 7.89. The number of para-hydroxylation sites is 2. The molecule has 0 aromatic heterocycles. The molecule has 1 aromatic carbocycles. The molecule has 0 unspecified atom stereocenters. The topological polar surface area (TPSA) is 72.9 Å². The Hall–Kier alpha value is -2.37. The van der Waals surface area contributed by atoms with Crippen molar-refractivity contribution in [1.82, 2.24) is 0 Å². The molecule has 1 aliphatic heterocycles. The number of nitrogens with zero attached hydrogens (tertiary/aromatic N) is 1. The number of ether oxygens (including phenoxy) is 2. The summed E-state index contributed by atoms with van der Waals surface area (Å²) >= 11 is 0. The van der Waals surface area contributed by atoms with Gasteiger partial charge in [-0.15, -0.1) is 0 Å². The summed E-state index contributed by atoms with van der Waals surface area (Å²) in [7, 11) is 0. The van der Waals surface area contributed by atoms with E-state index in [1.165, 1.54) is 4.90 Å². The van der Waals surface area contributed by atoms with E-state index in [9.17, 15) is 14.4 Å². The number of carbonyl (C=O) groups excluding carboxylic acids is 3. The van der Waals surface area contributed by atoms with Crippen LogP contribution in [0.15, 0.2) is 24.3 Å². The molecular formula is C17H19NO5. The summed E-state index contributed by atoms with van der Waals surface area (Å²) in [6.45, 7) is 0.0749. The largest absolute Gasteiger partial charge is 0.491 e. The monoisotopic (exact) mass is 317 g/mol. The van der Waals surface area contributed by atoms with Crippen molar-refractivity contribution in [3.05, 3.63) is 24.3 Å². The van der Waals surface area contributed by atoms with Gasteiger partial charge >= 0.3 is 5.97 Å². The fourth-order valence-electron chi connectivity index (χ4n) is 2.89. The van der Waals surface area contributed by atoms with Crippen molar-refractivity contribution in [2.24, 2.45) is 0 Å². The number of amides is 1. The van der Waals surface area contributed by atoms with Crippen molar-refractivity contribution in [1.29, 1.82) is 0 Å². The zero-order chi connectivity index (χ0) is 16.2. The Bertz CT molecular complexity index is 627. The summed E-state index contributed by atoms with van der Waals surface area (Å²) in [5, 5.41) is 0. The predicted octanol–water partition coefficient (Wildman–Crippen LogP) is 1.86. The van der Waals surface area contributed by atoms with Crippen LogP contribution in [0.25, 0.3) is 0 Å². The summed E-state index contributed by atoms with van der Waals surface area (Å²) in [5.74, 6) is -0.215. The SMILES string of the molecule is O=C(CN1C(=O)CCOc2ccccc21)O[C@@H]1CCCCC1=O. The zero-order valence-corrected chi connectivity index (χ0v) is 12.8. The van der Waals surface area contributed by atoms with E-state index in [-0.39, 0.29) is 31.3 Å². The summed E-state index contributed by atoms with van der Waals surface area (Å²) in [5.41, 5.74) is 0.557. The van der Waals surface area contributed by atoms with Gasteiger partial charge in [-0.25, -0.2) is 0 Å². The molecule has 1 atom stereocenters. The first kappa shape index (κ1) is 15.5. The van der Waals surface area contributed by atoms with Crippen LogP contribution >= 0.6 is 0 Å². The summed E-state index contributed by atoms with van der Waals surface area (Å²) in [6.07, 6.45) is 2.29. The molecule has 0 radical (unpaired) electrons. The third-order valence-corrected chi connectivity index (χ3v) is 4.09. The molecule has 2 aliphatic rings. The number of Topliss-reactive ketones (excluding diaryl/α,β-unsaturated/α-hetero) is 1. The highest BCUT2D eigenvalue weighted by atomic mass is 16.5. The molecule has 0 saturated heterocycles. The number of esters is 1. The predicted molar refractivity (Wildman–Crippen MR) is 82.3 cm³/mol. The number of benzene rings is 1. The lowest BCUT2D eigenvalue weighted by molar-refractivity contribution is -0.155. The van der Waals surface area contributed by atoms with Gasteiger partial charge in [0.05, 0.1) is 18.7 Å². The minimum Gasteiger partial charge on any atom is -0.491 e. The van der Waals surface area contributed by atoms with Crippen LogP contribution in [0.4, 0.5) is 5.69 Å². The maximum atomic E-state index is 12.2. The van der Waals surface area contributed by atoms with Crippen LogP contribution < -0.4 is 9.64 Å². The van der Waals surface area contributed by atoms with Crippen molar-refractivity contribution >= 4 is 23.3 Å². The van der Waals surface area contributed by atoms with Crippen molar-refractivity contribution in [3.8, 4) is 5.75 Å². The zero-order valence-electron chi connectivity index (χ0n) is 12.8. The second-order valence-electron chi connectivity index (χ2n) is 5.74. The van der Waals surface area contributed by atoms with Gasteiger partial charge in [0.15, 0.2) is 11.9 Å². The van der Waals surface area contributed by atoms with Crippen LogP contribution in [-0.4, -0.2) is 36.9 Å². The fraction of sp³-hybridized carbons (Fsp3) is 0.471. The lowest BCUT2D eigenvalue weighted by Crippen LogP contribution is -2.39. The minimum atomic E-state index is -0.662. The Labute approximate surface area is 134 Å². The fourth-order valence-corrected chi connectivity index (χ4v) is 2.89. The number of ketones is 1. The number of rotatable bonds is 3. The summed E-state index contributed by atoms with van der Waals surface area (Å²) in [6, 6.07) is 7.09. The van der Waals surface area contributed by atoms with E-state index in [1.807, 2.05) is 6.07 Å². The standard InChI is InChI=1S/C17H19NO5/c19-13-6-2-4-8-15(13)23-17(21)11-18-12-5-1-3-7-14(12)22-10-9-16(18)20/h1,3,5,7,15H,2,4,6,8-11H2/t15-/m1/s1. The van der Waals surface area contributed by atoms with Gasteiger partial charge in [-0.2, -0.15) is 0 Å². The van der Waals surface area contributed by atoms with Gasteiger partial charge in [0.2, 0.25) is 5.91 Å². The molecule has 23 heavy (non-hydrogen) atoms. The quantitative estimate of drug-likeness (QED) is 0.796. The average molecular weight is 317 g/mol. The first-order chi connectivity index (χ1) is 11.1. The van der Waals surface area contributed by atoms with Gasteiger partial charge in [0.25, 0.3) is 0 Å². The Kier molecular flexibility index (Phi) is 4.60.